The number of benzene rings is 1. The zero-order valence-electron chi connectivity index (χ0n) is 14.6. The molecule has 0 aliphatic heterocycles. The standard InChI is InChI=1S/C18H19N5O2S/c1-3-12-7-5-6-8-14(12)21-15(24)10-23-11-20-16-13(17(23)25)9-19-18(22-16)26-4-2/h5-9,11H,3-4,10H2,1-2H3,(H,21,24). The molecule has 0 fully saturated rings. The van der Waals surface area contributed by atoms with Crippen molar-refractivity contribution in [1.82, 2.24) is 19.5 Å². The van der Waals surface area contributed by atoms with Gasteiger partial charge in [0.2, 0.25) is 5.91 Å². The normalized spacial score (nSPS) is 10.8. The molecule has 1 N–H and O–H groups in total. The van der Waals surface area contributed by atoms with Gasteiger partial charge in [0.05, 0.1) is 0 Å². The van der Waals surface area contributed by atoms with Gasteiger partial charge in [-0.2, -0.15) is 0 Å². The first-order valence-corrected chi connectivity index (χ1v) is 9.33. The minimum absolute atomic E-state index is 0.120. The summed E-state index contributed by atoms with van der Waals surface area (Å²) in [5.74, 6) is 0.551. The molecule has 0 unspecified atom stereocenters. The Labute approximate surface area is 154 Å². The van der Waals surface area contributed by atoms with Crippen LogP contribution in [0.3, 0.4) is 0 Å². The van der Waals surface area contributed by atoms with E-state index in [-0.39, 0.29) is 18.0 Å². The minimum atomic E-state index is -0.332. The minimum Gasteiger partial charge on any atom is -0.324 e. The van der Waals surface area contributed by atoms with Crippen molar-refractivity contribution in [3.8, 4) is 0 Å². The second kappa shape index (κ2) is 8.09. The zero-order chi connectivity index (χ0) is 18.5. The summed E-state index contributed by atoms with van der Waals surface area (Å²) in [6.07, 6.45) is 3.63. The van der Waals surface area contributed by atoms with Gasteiger partial charge in [-0.25, -0.2) is 15.0 Å². The van der Waals surface area contributed by atoms with Crippen molar-refractivity contribution < 1.29 is 4.79 Å². The molecule has 8 heteroatoms. The van der Waals surface area contributed by atoms with Gasteiger partial charge in [0.25, 0.3) is 5.56 Å². The summed E-state index contributed by atoms with van der Waals surface area (Å²) in [6, 6.07) is 7.60. The smallest absolute Gasteiger partial charge is 0.264 e. The Kier molecular flexibility index (Phi) is 5.62. The van der Waals surface area contributed by atoms with Gasteiger partial charge in [0, 0.05) is 11.9 Å². The lowest BCUT2D eigenvalue weighted by molar-refractivity contribution is -0.116. The number of carbonyl (C=O) groups is 1. The second-order valence-corrected chi connectivity index (χ2v) is 6.79. The number of hydrogen-bond donors (Lipinski definition) is 1. The van der Waals surface area contributed by atoms with Crippen LogP contribution in [0.15, 0.2) is 46.7 Å². The number of hydrogen-bond acceptors (Lipinski definition) is 6. The Balaban J connectivity index is 1.82. The highest BCUT2D eigenvalue weighted by Gasteiger charge is 2.11. The number of aromatic nitrogens is 4. The third-order valence-electron chi connectivity index (χ3n) is 3.82. The van der Waals surface area contributed by atoms with E-state index in [1.165, 1.54) is 28.9 Å². The number of nitrogens with zero attached hydrogens (tertiary/aromatic N) is 4. The van der Waals surface area contributed by atoms with E-state index in [1.54, 1.807) is 0 Å². The van der Waals surface area contributed by atoms with Crippen LogP contribution in [-0.4, -0.2) is 31.2 Å². The van der Waals surface area contributed by atoms with E-state index in [1.807, 2.05) is 38.1 Å². The first-order chi connectivity index (χ1) is 12.6. The highest BCUT2D eigenvalue weighted by molar-refractivity contribution is 7.99. The highest BCUT2D eigenvalue weighted by atomic mass is 32.2. The lowest BCUT2D eigenvalue weighted by atomic mass is 10.1. The molecule has 0 saturated heterocycles. The summed E-state index contributed by atoms with van der Waals surface area (Å²) in [5.41, 5.74) is 1.81. The molecular formula is C18H19N5O2S. The second-order valence-electron chi connectivity index (χ2n) is 5.56. The van der Waals surface area contributed by atoms with E-state index in [0.717, 1.165) is 23.4 Å². The van der Waals surface area contributed by atoms with Crippen LogP contribution in [0.4, 0.5) is 5.69 Å². The Morgan fingerprint density at radius 3 is 2.81 bits per heavy atom. The van der Waals surface area contributed by atoms with Gasteiger partial charge in [-0.15, -0.1) is 0 Å². The molecule has 0 bridgehead atoms. The van der Waals surface area contributed by atoms with Crippen LogP contribution in [0, 0.1) is 0 Å². The van der Waals surface area contributed by atoms with Gasteiger partial charge in [-0.05, 0) is 23.8 Å². The lowest BCUT2D eigenvalue weighted by Crippen LogP contribution is -2.28. The maximum atomic E-state index is 12.6. The maximum absolute atomic E-state index is 12.6. The van der Waals surface area contributed by atoms with Crippen molar-refractivity contribution >= 4 is 34.4 Å². The Morgan fingerprint density at radius 1 is 1.23 bits per heavy atom. The topological polar surface area (TPSA) is 89.8 Å². The van der Waals surface area contributed by atoms with Gasteiger partial charge in [0.15, 0.2) is 10.8 Å². The van der Waals surface area contributed by atoms with E-state index in [0.29, 0.717) is 16.2 Å². The molecule has 1 amide bonds. The van der Waals surface area contributed by atoms with Crippen LogP contribution in [0.5, 0.6) is 0 Å². The molecule has 0 saturated carbocycles. The van der Waals surface area contributed by atoms with Crippen LogP contribution >= 0.6 is 11.8 Å². The molecule has 0 aliphatic carbocycles. The number of fused-ring (bicyclic) bond motifs is 1. The molecule has 0 atom stereocenters. The quantitative estimate of drug-likeness (QED) is 0.530. The van der Waals surface area contributed by atoms with Gasteiger partial charge in [-0.1, -0.05) is 43.8 Å². The molecule has 0 spiro atoms. The van der Waals surface area contributed by atoms with Crippen LogP contribution in [0.1, 0.15) is 19.4 Å². The van der Waals surface area contributed by atoms with Gasteiger partial charge < -0.3 is 5.32 Å². The number of anilines is 1. The fourth-order valence-electron chi connectivity index (χ4n) is 2.54. The predicted octanol–water partition coefficient (Wildman–Crippen LogP) is 2.50. The van der Waals surface area contributed by atoms with Gasteiger partial charge >= 0.3 is 0 Å². The lowest BCUT2D eigenvalue weighted by Gasteiger charge is -2.11. The van der Waals surface area contributed by atoms with Crippen LogP contribution < -0.4 is 10.9 Å². The number of amides is 1. The van der Waals surface area contributed by atoms with Crippen molar-refractivity contribution in [3.63, 3.8) is 0 Å². The fraction of sp³-hybridized carbons (Fsp3) is 0.278. The molecule has 2 aromatic heterocycles. The third-order valence-corrected chi connectivity index (χ3v) is 4.56. The average molecular weight is 369 g/mol. The molecule has 1 aromatic carbocycles. The van der Waals surface area contributed by atoms with Gasteiger partial charge in [0.1, 0.15) is 18.3 Å². The van der Waals surface area contributed by atoms with E-state index in [2.05, 4.69) is 20.3 Å². The van der Waals surface area contributed by atoms with Crippen LogP contribution in [0.25, 0.3) is 11.0 Å². The maximum Gasteiger partial charge on any atom is 0.264 e. The number of carbonyl (C=O) groups excluding carboxylic acids is 1. The third kappa shape index (κ3) is 3.91. The zero-order valence-corrected chi connectivity index (χ0v) is 15.4. The summed E-state index contributed by atoms with van der Waals surface area (Å²) in [6.45, 7) is 3.90. The fourth-order valence-corrected chi connectivity index (χ4v) is 3.08. The average Bonchev–Trinajstić information content (AvgIpc) is 2.65. The summed E-state index contributed by atoms with van der Waals surface area (Å²) in [4.78, 5) is 37.5. The largest absolute Gasteiger partial charge is 0.324 e. The van der Waals surface area contributed by atoms with Gasteiger partial charge in [-0.3, -0.25) is 14.2 Å². The van der Waals surface area contributed by atoms with E-state index >= 15 is 0 Å². The number of rotatable bonds is 6. The van der Waals surface area contributed by atoms with Crippen molar-refractivity contribution in [2.75, 3.05) is 11.1 Å². The summed E-state index contributed by atoms with van der Waals surface area (Å²) in [7, 11) is 0. The summed E-state index contributed by atoms with van der Waals surface area (Å²) in [5, 5.41) is 3.73. The van der Waals surface area contributed by atoms with Crippen molar-refractivity contribution in [3.05, 3.63) is 52.7 Å². The SMILES string of the molecule is CCSc1ncc2c(=O)n(CC(=O)Nc3ccccc3CC)cnc2n1. The number of para-hydroxylation sites is 1. The molecule has 2 heterocycles. The number of aryl methyl sites for hydroxylation is 1. The molecule has 0 radical (unpaired) electrons. The molecule has 7 nitrogen and oxygen atoms in total. The van der Waals surface area contributed by atoms with E-state index in [9.17, 15) is 9.59 Å². The number of thioether (sulfide) groups is 1. The van der Waals surface area contributed by atoms with E-state index < -0.39 is 0 Å². The highest BCUT2D eigenvalue weighted by Crippen LogP contribution is 2.16. The molecule has 3 rings (SSSR count). The summed E-state index contributed by atoms with van der Waals surface area (Å²) < 4.78 is 1.27. The molecule has 26 heavy (non-hydrogen) atoms. The molecule has 3 aromatic rings. The molecule has 134 valence electrons. The van der Waals surface area contributed by atoms with Crippen molar-refractivity contribution in [2.45, 2.75) is 32.0 Å². The first kappa shape index (κ1) is 18.1. The number of nitrogens with one attached hydrogen (secondary N) is 1. The predicted molar refractivity (Wildman–Crippen MR) is 102 cm³/mol. The van der Waals surface area contributed by atoms with Crippen molar-refractivity contribution in [2.24, 2.45) is 0 Å². The molecule has 0 aliphatic rings. The Hall–Kier alpha value is -2.74. The molecular weight excluding hydrogens is 350 g/mol. The Bertz CT molecular complexity index is 1000. The Morgan fingerprint density at radius 2 is 2.04 bits per heavy atom. The van der Waals surface area contributed by atoms with Crippen LogP contribution in [0.2, 0.25) is 0 Å². The summed E-state index contributed by atoms with van der Waals surface area (Å²) >= 11 is 1.48. The van der Waals surface area contributed by atoms with Crippen LogP contribution in [-0.2, 0) is 17.8 Å². The first-order valence-electron chi connectivity index (χ1n) is 8.35. The van der Waals surface area contributed by atoms with Crippen molar-refractivity contribution in [1.29, 1.82) is 0 Å². The monoisotopic (exact) mass is 369 g/mol. The van der Waals surface area contributed by atoms with E-state index in [4.69, 9.17) is 0 Å².